The summed E-state index contributed by atoms with van der Waals surface area (Å²) in [6.45, 7) is 4.64. The lowest BCUT2D eigenvalue weighted by atomic mass is 10.2. The van der Waals surface area contributed by atoms with E-state index >= 15 is 0 Å². The van der Waals surface area contributed by atoms with Gasteiger partial charge in [0.05, 0.1) is 12.2 Å². The zero-order valence-corrected chi connectivity index (χ0v) is 14.9. The molecule has 152 valence electrons. The first kappa shape index (κ1) is 20.2. The lowest BCUT2D eigenvalue weighted by Crippen LogP contribution is -2.76. The van der Waals surface area contributed by atoms with Gasteiger partial charge in [0.25, 0.3) is 0 Å². The van der Waals surface area contributed by atoms with Crippen LogP contribution in [-0.4, -0.2) is 81.5 Å². The molecular weight excluding hydrogens is 353 g/mol. The van der Waals surface area contributed by atoms with Crippen LogP contribution >= 0.6 is 0 Å². The van der Waals surface area contributed by atoms with Crippen molar-refractivity contribution >= 4 is 0 Å². The summed E-state index contributed by atoms with van der Waals surface area (Å²) in [5, 5.41) is 15.9. The van der Waals surface area contributed by atoms with Crippen LogP contribution in [0.3, 0.4) is 0 Å². The topological polar surface area (TPSA) is 81.9 Å². The first-order valence-corrected chi connectivity index (χ1v) is 9.19. The number of piperazine rings is 1. The van der Waals surface area contributed by atoms with Crippen LogP contribution in [0.15, 0.2) is 0 Å². The van der Waals surface area contributed by atoms with Crippen molar-refractivity contribution in [1.82, 2.24) is 31.5 Å². The van der Waals surface area contributed by atoms with E-state index in [0.717, 1.165) is 39.0 Å². The third kappa shape index (κ3) is 6.27. The van der Waals surface area contributed by atoms with Crippen LogP contribution in [0.2, 0.25) is 0 Å². The average Bonchev–Trinajstić information content (AvgIpc) is 3.04. The zero-order chi connectivity index (χ0) is 18.6. The quantitative estimate of drug-likeness (QED) is 0.411. The van der Waals surface area contributed by atoms with E-state index in [4.69, 9.17) is 9.47 Å². The zero-order valence-electron chi connectivity index (χ0n) is 14.9. The number of nitrogens with one attached hydrogen (secondary N) is 5. The van der Waals surface area contributed by atoms with E-state index < -0.39 is 19.1 Å². The molecule has 26 heavy (non-hydrogen) atoms. The molecule has 5 atom stereocenters. The fourth-order valence-electron chi connectivity index (χ4n) is 3.42. The van der Waals surface area contributed by atoms with Crippen molar-refractivity contribution < 1.29 is 22.6 Å². The molecule has 5 unspecified atom stereocenters. The minimum atomic E-state index is -4.37. The van der Waals surface area contributed by atoms with Gasteiger partial charge in [0, 0.05) is 32.7 Å². The Balaban J connectivity index is 1.53. The molecule has 8 nitrogen and oxygen atoms in total. The number of hydrogen-bond donors (Lipinski definition) is 5. The van der Waals surface area contributed by atoms with E-state index in [2.05, 4.69) is 31.5 Å². The van der Waals surface area contributed by atoms with Crippen molar-refractivity contribution in [3.63, 3.8) is 0 Å². The van der Waals surface area contributed by atoms with Crippen LogP contribution in [-0.2, 0) is 9.47 Å². The van der Waals surface area contributed by atoms with Gasteiger partial charge in [-0.3, -0.25) is 26.2 Å². The maximum absolute atomic E-state index is 12.5. The summed E-state index contributed by atoms with van der Waals surface area (Å²) in [6, 6.07) is 0. The summed E-state index contributed by atoms with van der Waals surface area (Å²) in [5.74, 6) is 0. The van der Waals surface area contributed by atoms with Gasteiger partial charge in [-0.15, -0.1) is 0 Å². The number of ether oxygens (including phenoxy) is 2. The van der Waals surface area contributed by atoms with Crippen LogP contribution in [0.5, 0.6) is 0 Å². The molecule has 3 rings (SSSR count). The third-order valence-electron chi connectivity index (χ3n) is 4.75. The molecule has 0 bridgehead atoms. The maximum Gasteiger partial charge on any atom is 0.411 e. The van der Waals surface area contributed by atoms with Crippen molar-refractivity contribution in [3.8, 4) is 0 Å². The van der Waals surface area contributed by atoms with Crippen molar-refractivity contribution in [1.29, 1.82) is 0 Å². The van der Waals surface area contributed by atoms with E-state index in [1.165, 1.54) is 0 Å². The van der Waals surface area contributed by atoms with Gasteiger partial charge < -0.3 is 14.8 Å². The predicted octanol–water partition coefficient (Wildman–Crippen LogP) is -0.739. The molecule has 0 amide bonds. The Labute approximate surface area is 151 Å². The number of nitrogens with zero attached hydrogens (tertiary/aromatic N) is 1. The van der Waals surface area contributed by atoms with Gasteiger partial charge in [0.15, 0.2) is 6.35 Å². The lowest BCUT2D eigenvalue weighted by molar-refractivity contribution is -0.201. The van der Waals surface area contributed by atoms with Gasteiger partial charge in [0.2, 0.25) is 0 Å². The molecule has 0 aromatic rings. The molecular formula is C15H29F3N6O2. The molecule has 3 saturated heterocycles. The second kappa shape index (κ2) is 9.11. The molecule has 0 radical (unpaired) electrons. The highest BCUT2D eigenvalue weighted by molar-refractivity contribution is 4.83. The van der Waals surface area contributed by atoms with Gasteiger partial charge in [-0.25, -0.2) is 0 Å². The standard InChI is InChI=1S/C15H29F3N6O2/c1-10-2-3-11(26-10)8-20-12-21-13(24-6-4-19-5-7-24)23-14(22-12)25-9-15(16,17)18/h10-14,19-23H,2-9H2,1H3. The molecule has 5 N–H and O–H groups in total. The van der Waals surface area contributed by atoms with Gasteiger partial charge in [-0.2, -0.15) is 13.2 Å². The molecule has 3 heterocycles. The van der Waals surface area contributed by atoms with E-state index in [9.17, 15) is 13.2 Å². The highest BCUT2D eigenvalue weighted by atomic mass is 19.4. The number of hydrogen-bond acceptors (Lipinski definition) is 8. The van der Waals surface area contributed by atoms with E-state index in [1.54, 1.807) is 0 Å². The van der Waals surface area contributed by atoms with Crippen LogP contribution < -0.4 is 26.6 Å². The van der Waals surface area contributed by atoms with Crippen LogP contribution in [0.4, 0.5) is 13.2 Å². The Bertz CT molecular complexity index is 438. The monoisotopic (exact) mass is 382 g/mol. The van der Waals surface area contributed by atoms with Gasteiger partial charge >= 0.3 is 6.18 Å². The predicted molar refractivity (Wildman–Crippen MR) is 88.8 cm³/mol. The van der Waals surface area contributed by atoms with Gasteiger partial charge in [0.1, 0.15) is 19.2 Å². The van der Waals surface area contributed by atoms with Crippen molar-refractivity contribution in [2.24, 2.45) is 0 Å². The van der Waals surface area contributed by atoms with Crippen molar-refractivity contribution in [2.75, 3.05) is 39.3 Å². The van der Waals surface area contributed by atoms with E-state index in [0.29, 0.717) is 6.54 Å². The second-order valence-electron chi connectivity index (χ2n) is 6.98. The minimum absolute atomic E-state index is 0.121. The fourth-order valence-corrected chi connectivity index (χ4v) is 3.42. The molecule has 0 spiro atoms. The van der Waals surface area contributed by atoms with E-state index in [1.807, 2.05) is 6.92 Å². The summed E-state index contributed by atoms with van der Waals surface area (Å²) < 4.78 is 48.3. The Morgan fingerprint density at radius 3 is 2.58 bits per heavy atom. The Kier molecular flexibility index (Phi) is 7.08. The third-order valence-corrected chi connectivity index (χ3v) is 4.75. The fraction of sp³-hybridized carbons (Fsp3) is 1.00. The summed E-state index contributed by atoms with van der Waals surface area (Å²) in [6.07, 6.45) is -3.54. The summed E-state index contributed by atoms with van der Waals surface area (Å²) >= 11 is 0. The molecule has 3 aliphatic heterocycles. The Morgan fingerprint density at radius 2 is 1.92 bits per heavy atom. The van der Waals surface area contributed by atoms with Crippen molar-refractivity contribution in [3.05, 3.63) is 0 Å². The molecule has 3 aliphatic rings. The molecule has 3 fully saturated rings. The highest BCUT2D eigenvalue weighted by Crippen LogP contribution is 2.18. The van der Waals surface area contributed by atoms with Crippen LogP contribution in [0, 0.1) is 0 Å². The lowest BCUT2D eigenvalue weighted by Gasteiger charge is -2.44. The van der Waals surface area contributed by atoms with Gasteiger partial charge in [-0.05, 0) is 19.8 Å². The summed E-state index contributed by atoms with van der Waals surface area (Å²) in [7, 11) is 0. The summed E-state index contributed by atoms with van der Waals surface area (Å²) in [4.78, 5) is 2.14. The van der Waals surface area contributed by atoms with Crippen molar-refractivity contribution in [2.45, 2.75) is 57.1 Å². The molecule has 0 aliphatic carbocycles. The smallest absolute Gasteiger partial charge is 0.374 e. The molecule has 0 saturated carbocycles. The number of alkyl halides is 3. The first-order chi connectivity index (χ1) is 12.4. The number of halogens is 3. The maximum atomic E-state index is 12.5. The first-order valence-electron chi connectivity index (χ1n) is 9.19. The van der Waals surface area contributed by atoms with Crippen LogP contribution in [0.25, 0.3) is 0 Å². The highest BCUT2D eigenvalue weighted by Gasteiger charge is 2.35. The Morgan fingerprint density at radius 1 is 1.15 bits per heavy atom. The SMILES string of the molecule is CC1CCC(CNC2NC(OCC(F)(F)F)NC(N3CCNCC3)N2)O1. The largest absolute Gasteiger partial charge is 0.411 e. The molecule has 0 aromatic carbocycles. The molecule has 0 aromatic heterocycles. The second-order valence-corrected chi connectivity index (χ2v) is 6.98. The van der Waals surface area contributed by atoms with Crippen LogP contribution in [0.1, 0.15) is 19.8 Å². The molecule has 11 heteroatoms. The number of rotatable bonds is 6. The van der Waals surface area contributed by atoms with E-state index in [-0.39, 0.29) is 24.8 Å². The normalized spacial score (nSPS) is 37.2. The minimum Gasteiger partial charge on any atom is -0.374 e. The summed E-state index contributed by atoms with van der Waals surface area (Å²) in [5.41, 5.74) is 0. The average molecular weight is 382 g/mol. The van der Waals surface area contributed by atoms with Gasteiger partial charge in [-0.1, -0.05) is 0 Å². The Hall–Kier alpha value is -0.530.